The lowest BCUT2D eigenvalue weighted by atomic mass is 10.1. The molecular weight excluding hydrogens is 398 g/mol. The molecule has 1 saturated heterocycles. The third-order valence-corrected chi connectivity index (χ3v) is 5.22. The predicted molar refractivity (Wildman–Crippen MR) is 116 cm³/mol. The molecule has 1 fully saturated rings. The van der Waals surface area contributed by atoms with Crippen molar-refractivity contribution in [2.75, 3.05) is 38.2 Å². The number of ether oxygens (including phenoxy) is 1. The second-order valence-electron chi connectivity index (χ2n) is 7.52. The normalized spacial score (nSPS) is 15.5. The number of aryl methyl sites for hydroxylation is 2. The van der Waals surface area contributed by atoms with E-state index in [0.29, 0.717) is 37.0 Å². The number of benzene rings is 1. The summed E-state index contributed by atoms with van der Waals surface area (Å²) < 4.78 is 11.4. The van der Waals surface area contributed by atoms with Crippen molar-refractivity contribution < 1.29 is 14.1 Å². The summed E-state index contributed by atoms with van der Waals surface area (Å²) in [6, 6.07) is 12.2. The molecule has 3 heterocycles. The number of nitrogens with one attached hydrogen (secondary N) is 1. The van der Waals surface area contributed by atoms with Crippen molar-refractivity contribution in [1.82, 2.24) is 14.9 Å². The first kappa shape index (κ1) is 21.0. The van der Waals surface area contributed by atoms with E-state index in [9.17, 15) is 10.1 Å². The van der Waals surface area contributed by atoms with Crippen LogP contribution in [0.5, 0.6) is 0 Å². The number of nitro benzene ring substituents is 1. The third kappa shape index (κ3) is 5.07. The highest BCUT2D eigenvalue weighted by Crippen LogP contribution is 2.26. The molecule has 31 heavy (non-hydrogen) atoms. The summed E-state index contributed by atoms with van der Waals surface area (Å²) in [4.78, 5) is 22.1. The minimum atomic E-state index is -0.420. The number of aromatic nitrogens is 2. The maximum atomic E-state index is 11.1. The number of non-ortho nitro benzene ring substituents is 1. The van der Waals surface area contributed by atoms with Gasteiger partial charge in [-0.3, -0.25) is 15.0 Å². The fourth-order valence-electron chi connectivity index (χ4n) is 3.68. The van der Waals surface area contributed by atoms with E-state index in [1.165, 1.54) is 12.1 Å². The van der Waals surface area contributed by atoms with Gasteiger partial charge in [-0.15, -0.1) is 0 Å². The average Bonchev–Trinajstić information content (AvgIpc) is 3.20. The molecule has 0 spiro atoms. The van der Waals surface area contributed by atoms with Gasteiger partial charge in [0.1, 0.15) is 17.3 Å². The van der Waals surface area contributed by atoms with Crippen LogP contribution in [-0.2, 0) is 4.74 Å². The zero-order chi connectivity index (χ0) is 21.8. The Morgan fingerprint density at radius 3 is 2.68 bits per heavy atom. The van der Waals surface area contributed by atoms with Gasteiger partial charge in [0.05, 0.1) is 24.2 Å². The van der Waals surface area contributed by atoms with Crippen LogP contribution in [0.2, 0.25) is 0 Å². The molecule has 9 heteroatoms. The fraction of sp³-hybridized carbons (Fsp3) is 0.364. The largest absolute Gasteiger partial charge is 0.465 e. The van der Waals surface area contributed by atoms with Crippen LogP contribution in [0.4, 0.5) is 11.5 Å². The molecule has 1 aromatic carbocycles. The molecule has 1 atom stereocenters. The SMILES string of the molecule is Cc1cc(NCC(c2ccc(C)o2)N2CCOCC2)nc(-c2cccc([N+](=O)[O-])c2)n1. The molecule has 0 radical (unpaired) electrons. The number of nitro groups is 1. The standard InChI is InChI=1S/C22H25N5O4/c1-15-12-21(25-22(24-15)17-4-3-5-18(13-17)27(28)29)23-14-19(20-7-6-16(2)31-20)26-8-10-30-11-9-26/h3-7,12-13,19H,8-11,14H2,1-2H3,(H,23,24,25). The Balaban J connectivity index is 1.56. The van der Waals surface area contributed by atoms with Crippen LogP contribution in [0.1, 0.15) is 23.3 Å². The van der Waals surface area contributed by atoms with Crippen molar-refractivity contribution in [2.45, 2.75) is 19.9 Å². The van der Waals surface area contributed by atoms with E-state index in [4.69, 9.17) is 9.15 Å². The van der Waals surface area contributed by atoms with Gasteiger partial charge in [-0.25, -0.2) is 9.97 Å². The molecular formula is C22H25N5O4. The Morgan fingerprint density at radius 2 is 1.97 bits per heavy atom. The summed E-state index contributed by atoms with van der Waals surface area (Å²) >= 11 is 0. The van der Waals surface area contributed by atoms with E-state index in [-0.39, 0.29) is 11.7 Å². The minimum absolute atomic E-state index is 0.0117. The van der Waals surface area contributed by atoms with Crippen LogP contribution >= 0.6 is 0 Å². The van der Waals surface area contributed by atoms with Crippen molar-refractivity contribution in [3.8, 4) is 11.4 Å². The van der Waals surface area contributed by atoms with Crippen molar-refractivity contribution in [3.05, 3.63) is 69.8 Å². The summed E-state index contributed by atoms with van der Waals surface area (Å²) in [5.41, 5.74) is 1.39. The molecule has 0 saturated carbocycles. The highest BCUT2D eigenvalue weighted by Gasteiger charge is 2.25. The third-order valence-electron chi connectivity index (χ3n) is 5.22. The fourth-order valence-corrected chi connectivity index (χ4v) is 3.68. The predicted octanol–water partition coefficient (Wildman–Crippen LogP) is 3.75. The molecule has 2 aromatic heterocycles. The highest BCUT2D eigenvalue weighted by molar-refractivity contribution is 5.61. The Hall–Kier alpha value is -3.30. The first-order chi connectivity index (χ1) is 15.0. The van der Waals surface area contributed by atoms with Gasteiger partial charge in [0.2, 0.25) is 0 Å². The van der Waals surface area contributed by atoms with Crippen molar-refractivity contribution in [3.63, 3.8) is 0 Å². The topological polar surface area (TPSA) is 107 Å². The second kappa shape index (κ2) is 9.23. The van der Waals surface area contributed by atoms with Gasteiger partial charge in [0.15, 0.2) is 5.82 Å². The highest BCUT2D eigenvalue weighted by atomic mass is 16.6. The molecule has 1 unspecified atom stereocenters. The van der Waals surface area contributed by atoms with Gasteiger partial charge in [-0.2, -0.15) is 0 Å². The number of rotatable bonds is 7. The molecule has 0 amide bonds. The van der Waals surface area contributed by atoms with Crippen molar-refractivity contribution >= 4 is 11.5 Å². The van der Waals surface area contributed by atoms with Crippen LogP contribution in [0, 0.1) is 24.0 Å². The molecule has 4 rings (SSSR count). The lowest BCUT2D eigenvalue weighted by Gasteiger charge is -2.33. The Labute approximate surface area is 180 Å². The van der Waals surface area contributed by atoms with E-state index >= 15 is 0 Å². The molecule has 1 aliphatic heterocycles. The van der Waals surface area contributed by atoms with Gasteiger partial charge < -0.3 is 14.5 Å². The maximum absolute atomic E-state index is 11.1. The van der Waals surface area contributed by atoms with Crippen molar-refractivity contribution in [1.29, 1.82) is 0 Å². The van der Waals surface area contributed by atoms with Crippen LogP contribution in [-0.4, -0.2) is 52.6 Å². The number of furan rings is 1. The summed E-state index contributed by atoms with van der Waals surface area (Å²) in [5.74, 6) is 2.88. The maximum Gasteiger partial charge on any atom is 0.270 e. The van der Waals surface area contributed by atoms with Gasteiger partial charge in [-0.1, -0.05) is 12.1 Å². The van der Waals surface area contributed by atoms with E-state index in [1.54, 1.807) is 12.1 Å². The van der Waals surface area contributed by atoms with E-state index in [2.05, 4.69) is 20.2 Å². The molecule has 1 N–H and O–H groups in total. The quantitative estimate of drug-likeness (QED) is 0.452. The monoisotopic (exact) mass is 423 g/mol. The summed E-state index contributed by atoms with van der Waals surface area (Å²) in [5, 5.41) is 14.5. The van der Waals surface area contributed by atoms with Gasteiger partial charge in [0.25, 0.3) is 5.69 Å². The van der Waals surface area contributed by atoms with Gasteiger partial charge >= 0.3 is 0 Å². The second-order valence-corrected chi connectivity index (χ2v) is 7.52. The number of morpholine rings is 1. The summed E-state index contributed by atoms with van der Waals surface area (Å²) in [7, 11) is 0. The van der Waals surface area contributed by atoms with Crippen molar-refractivity contribution in [2.24, 2.45) is 0 Å². The number of anilines is 1. The Kier molecular flexibility index (Phi) is 6.24. The summed E-state index contributed by atoms with van der Waals surface area (Å²) in [6.45, 7) is 7.45. The van der Waals surface area contributed by atoms with Gasteiger partial charge in [-0.05, 0) is 26.0 Å². The first-order valence-corrected chi connectivity index (χ1v) is 10.2. The molecule has 0 aliphatic carbocycles. The smallest absolute Gasteiger partial charge is 0.270 e. The van der Waals surface area contributed by atoms with E-state index in [0.717, 1.165) is 30.3 Å². The Morgan fingerprint density at radius 1 is 1.16 bits per heavy atom. The first-order valence-electron chi connectivity index (χ1n) is 10.2. The molecule has 162 valence electrons. The summed E-state index contributed by atoms with van der Waals surface area (Å²) in [6.07, 6.45) is 0. The van der Waals surface area contributed by atoms with Gasteiger partial charge in [0, 0.05) is 49.1 Å². The van der Waals surface area contributed by atoms with E-state index in [1.807, 2.05) is 32.0 Å². The molecule has 0 bridgehead atoms. The molecule has 9 nitrogen and oxygen atoms in total. The Bertz CT molecular complexity index is 1060. The lowest BCUT2D eigenvalue weighted by Crippen LogP contribution is -2.41. The minimum Gasteiger partial charge on any atom is -0.465 e. The molecule has 3 aromatic rings. The number of hydrogen-bond acceptors (Lipinski definition) is 8. The van der Waals surface area contributed by atoms with Crippen LogP contribution in [0.15, 0.2) is 46.9 Å². The zero-order valence-corrected chi connectivity index (χ0v) is 17.6. The lowest BCUT2D eigenvalue weighted by molar-refractivity contribution is -0.384. The average molecular weight is 423 g/mol. The van der Waals surface area contributed by atoms with Crippen LogP contribution in [0.3, 0.4) is 0 Å². The number of nitrogens with zero attached hydrogens (tertiary/aromatic N) is 4. The van der Waals surface area contributed by atoms with E-state index < -0.39 is 4.92 Å². The van der Waals surface area contributed by atoms with Crippen LogP contribution < -0.4 is 5.32 Å². The zero-order valence-electron chi connectivity index (χ0n) is 17.6. The van der Waals surface area contributed by atoms with Crippen LogP contribution in [0.25, 0.3) is 11.4 Å². The molecule has 1 aliphatic rings. The number of hydrogen-bond donors (Lipinski definition) is 1.